The maximum absolute atomic E-state index is 11.8. The molecule has 2 N–H and O–H groups in total. The Morgan fingerprint density at radius 1 is 1.13 bits per heavy atom. The fourth-order valence-electron chi connectivity index (χ4n) is 4.35. The Hall–Kier alpha value is -3.20. The van der Waals surface area contributed by atoms with E-state index in [9.17, 15) is 9.90 Å². The molecule has 0 spiro atoms. The maximum Gasteiger partial charge on any atom is 0.352 e. The minimum atomic E-state index is -0.935. The fourth-order valence-corrected chi connectivity index (χ4v) is 4.35. The molecular weight excluding hydrogens is 384 g/mol. The minimum Gasteiger partial charge on any atom is -0.477 e. The molecule has 1 saturated heterocycles. The van der Waals surface area contributed by atoms with Crippen LogP contribution in [0.4, 0.5) is 17.5 Å². The molecular formula is C21H24N6O3. The Morgan fingerprint density at radius 3 is 2.63 bits per heavy atom. The largest absolute Gasteiger partial charge is 0.477 e. The van der Waals surface area contributed by atoms with Crippen molar-refractivity contribution in [1.82, 2.24) is 19.5 Å². The van der Waals surface area contributed by atoms with Crippen LogP contribution < -0.4 is 10.2 Å². The van der Waals surface area contributed by atoms with Gasteiger partial charge in [0.1, 0.15) is 17.2 Å². The van der Waals surface area contributed by atoms with Gasteiger partial charge in [0.25, 0.3) is 0 Å². The van der Waals surface area contributed by atoms with Crippen molar-refractivity contribution in [2.75, 3.05) is 36.5 Å². The second-order valence-corrected chi connectivity index (χ2v) is 7.74. The lowest BCUT2D eigenvalue weighted by Crippen LogP contribution is -2.36. The second kappa shape index (κ2) is 7.91. The zero-order valence-corrected chi connectivity index (χ0v) is 16.6. The van der Waals surface area contributed by atoms with Crippen LogP contribution in [0.15, 0.2) is 30.6 Å². The number of nitrogens with zero attached hydrogens (tertiary/aromatic N) is 5. The number of hydrogen-bond donors (Lipinski definition) is 2. The third-order valence-corrected chi connectivity index (χ3v) is 5.85. The Morgan fingerprint density at radius 2 is 1.93 bits per heavy atom. The molecule has 3 aromatic heterocycles. The van der Waals surface area contributed by atoms with E-state index in [1.165, 1.54) is 0 Å². The van der Waals surface area contributed by atoms with Gasteiger partial charge in [-0.15, -0.1) is 0 Å². The molecule has 4 heterocycles. The number of aromatic nitrogens is 4. The monoisotopic (exact) mass is 408 g/mol. The van der Waals surface area contributed by atoms with Crippen molar-refractivity contribution in [2.24, 2.45) is 0 Å². The number of aromatic carboxylic acids is 1. The Kier molecular flexibility index (Phi) is 4.96. The average molecular weight is 408 g/mol. The molecule has 1 aliphatic heterocycles. The van der Waals surface area contributed by atoms with E-state index in [1.807, 2.05) is 22.9 Å². The second-order valence-electron chi connectivity index (χ2n) is 7.74. The van der Waals surface area contributed by atoms with E-state index in [1.54, 1.807) is 12.3 Å². The molecule has 30 heavy (non-hydrogen) atoms. The number of carboxylic acid groups (broad SMARTS) is 1. The van der Waals surface area contributed by atoms with Crippen molar-refractivity contribution >= 4 is 34.5 Å². The molecule has 0 bridgehead atoms. The highest BCUT2D eigenvalue weighted by Crippen LogP contribution is 2.34. The van der Waals surface area contributed by atoms with Gasteiger partial charge in [-0.2, -0.15) is 4.98 Å². The van der Waals surface area contributed by atoms with Crippen molar-refractivity contribution in [2.45, 2.75) is 31.7 Å². The molecule has 9 heteroatoms. The van der Waals surface area contributed by atoms with Crippen LogP contribution in [0.5, 0.6) is 0 Å². The van der Waals surface area contributed by atoms with Crippen molar-refractivity contribution in [3.8, 4) is 0 Å². The zero-order valence-electron chi connectivity index (χ0n) is 16.6. The molecule has 0 aromatic carbocycles. The number of nitrogens with one attached hydrogen (secondary N) is 1. The molecule has 0 amide bonds. The highest BCUT2D eigenvalue weighted by atomic mass is 16.5. The lowest BCUT2D eigenvalue weighted by molar-refractivity contribution is 0.0683. The summed E-state index contributed by atoms with van der Waals surface area (Å²) in [7, 11) is 0. The van der Waals surface area contributed by atoms with Gasteiger partial charge in [0.2, 0.25) is 5.95 Å². The predicted octanol–water partition coefficient (Wildman–Crippen LogP) is 3.22. The van der Waals surface area contributed by atoms with Crippen molar-refractivity contribution in [1.29, 1.82) is 0 Å². The molecule has 5 rings (SSSR count). The van der Waals surface area contributed by atoms with Crippen molar-refractivity contribution < 1.29 is 14.6 Å². The SMILES string of the molecule is O=C(O)c1cc2cnc(Nc3ccc(N4CCOCC4)cn3)nc2n1C1CCCC1. The normalized spacial score (nSPS) is 17.5. The smallest absolute Gasteiger partial charge is 0.352 e. The highest BCUT2D eigenvalue weighted by Gasteiger charge is 2.25. The third kappa shape index (κ3) is 3.56. The van der Waals surface area contributed by atoms with E-state index in [-0.39, 0.29) is 11.7 Å². The van der Waals surface area contributed by atoms with Gasteiger partial charge in [-0.1, -0.05) is 12.8 Å². The van der Waals surface area contributed by atoms with E-state index in [4.69, 9.17) is 4.74 Å². The molecule has 1 aliphatic carbocycles. The molecule has 2 aliphatic rings. The standard InChI is InChI=1S/C21H24N6O3/c28-20(29)17-11-14-12-23-21(25-19(14)27(17)15-3-1-2-4-15)24-18-6-5-16(13-22-18)26-7-9-30-10-8-26/h5-6,11-13,15H,1-4,7-10H2,(H,28,29)(H,22,23,24,25). The number of carbonyl (C=O) groups is 1. The fraction of sp³-hybridized carbons (Fsp3) is 0.429. The molecule has 156 valence electrons. The van der Waals surface area contributed by atoms with E-state index in [0.29, 0.717) is 17.4 Å². The van der Waals surface area contributed by atoms with Crippen LogP contribution in [0.1, 0.15) is 42.2 Å². The van der Waals surface area contributed by atoms with Crippen LogP contribution in [0, 0.1) is 0 Å². The van der Waals surface area contributed by atoms with Gasteiger partial charge in [0.05, 0.1) is 25.1 Å². The number of pyridine rings is 1. The summed E-state index contributed by atoms with van der Waals surface area (Å²) in [6.45, 7) is 3.18. The molecule has 3 aromatic rings. The molecule has 9 nitrogen and oxygen atoms in total. The Labute approximate surface area is 173 Å². The van der Waals surface area contributed by atoms with Crippen LogP contribution in [-0.2, 0) is 4.74 Å². The first-order valence-electron chi connectivity index (χ1n) is 10.4. The topological polar surface area (TPSA) is 105 Å². The van der Waals surface area contributed by atoms with E-state index >= 15 is 0 Å². The molecule has 0 atom stereocenters. The van der Waals surface area contributed by atoms with Crippen LogP contribution in [0.2, 0.25) is 0 Å². The van der Waals surface area contributed by atoms with Gasteiger partial charge < -0.3 is 24.6 Å². The van der Waals surface area contributed by atoms with Gasteiger partial charge in [-0.3, -0.25) is 0 Å². The maximum atomic E-state index is 11.8. The summed E-state index contributed by atoms with van der Waals surface area (Å²) in [6.07, 6.45) is 7.67. The lowest BCUT2D eigenvalue weighted by Gasteiger charge is -2.28. The van der Waals surface area contributed by atoms with E-state index < -0.39 is 5.97 Å². The number of rotatable bonds is 5. The first-order valence-corrected chi connectivity index (χ1v) is 10.4. The number of ether oxygens (including phenoxy) is 1. The van der Waals surface area contributed by atoms with Gasteiger partial charge in [0, 0.05) is 30.7 Å². The highest BCUT2D eigenvalue weighted by molar-refractivity contribution is 5.93. The predicted molar refractivity (Wildman–Crippen MR) is 113 cm³/mol. The van der Waals surface area contributed by atoms with E-state index in [0.717, 1.165) is 63.1 Å². The van der Waals surface area contributed by atoms with Crippen LogP contribution in [0.3, 0.4) is 0 Å². The Balaban J connectivity index is 1.42. The quantitative estimate of drug-likeness (QED) is 0.663. The lowest BCUT2D eigenvalue weighted by atomic mass is 10.2. The van der Waals surface area contributed by atoms with Crippen molar-refractivity contribution in [3.63, 3.8) is 0 Å². The molecule has 0 radical (unpaired) electrons. The average Bonchev–Trinajstić information content (AvgIpc) is 3.42. The summed E-state index contributed by atoms with van der Waals surface area (Å²) >= 11 is 0. The number of hydrogen-bond acceptors (Lipinski definition) is 7. The summed E-state index contributed by atoms with van der Waals surface area (Å²) in [5.41, 5.74) is 1.99. The molecule has 1 saturated carbocycles. The number of fused-ring (bicyclic) bond motifs is 1. The summed E-state index contributed by atoms with van der Waals surface area (Å²) < 4.78 is 7.26. The van der Waals surface area contributed by atoms with Gasteiger partial charge >= 0.3 is 5.97 Å². The first kappa shape index (κ1) is 18.8. The van der Waals surface area contributed by atoms with Crippen LogP contribution in [-0.4, -0.2) is 56.9 Å². The van der Waals surface area contributed by atoms with Gasteiger partial charge in [-0.25, -0.2) is 14.8 Å². The summed E-state index contributed by atoms with van der Waals surface area (Å²) in [6, 6.07) is 5.75. The van der Waals surface area contributed by atoms with Gasteiger partial charge in [0.15, 0.2) is 0 Å². The van der Waals surface area contributed by atoms with E-state index in [2.05, 4.69) is 25.2 Å². The number of anilines is 3. The van der Waals surface area contributed by atoms with Gasteiger partial charge in [-0.05, 0) is 31.0 Å². The van der Waals surface area contributed by atoms with Crippen molar-refractivity contribution in [3.05, 3.63) is 36.3 Å². The zero-order chi connectivity index (χ0) is 20.5. The summed E-state index contributed by atoms with van der Waals surface area (Å²) in [5.74, 6) is 0.113. The Bertz CT molecular complexity index is 1050. The van der Waals surface area contributed by atoms with Crippen LogP contribution in [0.25, 0.3) is 11.0 Å². The number of carboxylic acids is 1. The first-order chi connectivity index (χ1) is 14.7. The third-order valence-electron chi connectivity index (χ3n) is 5.85. The number of morpholine rings is 1. The minimum absolute atomic E-state index is 0.169. The molecule has 2 fully saturated rings. The summed E-state index contributed by atoms with van der Waals surface area (Å²) in [4.78, 5) is 27.5. The summed E-state index contributed by atoms with van der Waals surface area (Å²) in [5, 5.41) is 13.5. The molecule has 0 unspecified atom stereocenters. The van der Waals surface area contributed by atoms with Crippen LogP contribution >= 0.6 is 0 Å².